The topological polar surface area (TPSA) is 44.8 Å². The molecule has 0 N–H and O–H groups in total. The highest BCUT2D eigenvalue weighted by Crippen LogP contribution is 2.62. The molecular weight excluding hydrogens is 296 g/mol. The summed E-state index contributed by atoms with van der Waals surface area (Å²) in [6, 6.07) is 0. The first-order chi connectivity index (χ1) is 10.2. The van der Waals surface area contributed by atoms with E-state index in [1.54, 1.807) is 7.11 Å². The highest BCUT2D eigenvalue weighted by molar-refractivity contribution is 6.74. The van der Waals surface area contributed by atoms with Crippen LogP contribution in [-0.2, 0) is 18.7 Å². The summed E-state index contributed by atoms with van der Waals surface area (Å²) in [7, 11) is -0.102. The van der Waals surface area contributed by atoms with Crippen molar-refractivity contribution in [2.24, 2.45) is 23.7 Å². The molecule has 3 fully saturated rings. The Hall–Kier alpha value is -0.233. The summed E-state index contributed by atoms with van der Waals surface area (Å²) in [4.78, 5) is 11.1. The van der Waals surface area contributed by atoms with Crippen molar-refractivity contribution in [3.05, 3.63) is 0 Å². The van der Waals surface area contributed by atoms with Crippen molar-refractivity contribution in [3.63, 3.8) is 0 Å². The maximum absolute atomic E-state index is 11.1. The number of carbonyl (C=O) groups excluding carboxylic acids is 1. The molecule has 4 nitrogen and oxygen atoms in total. The third-order valence-electron chi connectivity index (χ3n) is 6.68. The maximum atomic E-state index is 11.1. The number of carbonyl (C=O) groups is 1. The number of hydrogen-bond acceptors (Lipinski definition) is 4. The van der Waals surface area contributed by atoms with Gasteiger partial charge in [0.05, 0.1) is 12.2 Å². The first-order valence-corrected chi connectivity index (χ1v) is 11.4. The molecule has 3 aliphatic rings. The van der Waals surface area contributed by atoms with Gasteiger partial charge in [0.25, 0.3) is 0 Å². The van der Waals surface area contributed by atoms with Gasteiger partial charge in [-0.2, -0.15) is 0 Å². The highest BCUT2D eigenvalue weighted by Gasteiger charge is 2.67. The van der Waals surface area contributed by atoms with Gasteiger partial charge in [0, 0.05) is 25.4 Å². The molecule has 0 spiro atoms. The van der Waals surface area contributed by atoms with Gasteiger partial charge in [0.1, 0.15) is 6.29 Å². The molecule has 0 aromatic rings. The van der Waals surface area contributed by atoms with E-state index in [2.05, 4.69) is 33.9 Å². The molecule has 0 amide bonds. The highest BCUT2D eigenvalue weighted by atomic mass is 28.4. The SMILES string of the molecule is CO[C@H]1OC2CC3[C@@H](CC=O)C1C2[C@@H]3O[Si](C)(C)C(C)(C)C. The van der Waals surface area contributed by atoms with Crippen LogP contribution in [0.2, 0.25) is 18.1 Å². The van der Waals surface area contributed by atoms with Crippen molar-refractivity contribution in [3.8, 4) is 0 Å². The molecule has 1 saturated heterocycles. The van der Waals surface area contributed by atoms with E-state index >= 15 is 0 Å². The summed E-state index contributed by atoms with van der Waals surface area (Å²) in [6.07, 6.45) is 3.06. The van der Waals surface area contributed by atoms with Crippen LogP contribution < -0.4 is 0 Å². The molecule has 2 aliphatic carbocycles. The zero-order chi connectivity index (χ0) is 16.3. The van der Waals surface area contributed by atoms with Gasteiger partial charge in [0.2, 0.25) is 0 Å². The number of fused-ring (bicyclic) bond motifs is 1. The molecule has 0 radical (unpaired) electrons. The van der Waals surface area contributed by atoms with Gasteiger partial charge in [-0.3, -0.25) is 0 Å². The standard InChI is InChI=1S/C17H30O4Si/c1-17(2,3)22(5,6)21-15-11-9-12-14(15)13(10(11)7-8-18)16(19-4)20-12/h8,10-16H,7,9H2,1-6H3/t10-,11?,12?,13?,14?,15-,16+/m1/s1. The van der Waals surface area contributed by atoms with E-state index in [1.807, 2.05) is 0 Å². The van der Waals surface area contributed by atoms with Crippen LogP contribution in [0.5, 0.6) is 0 Å². The quantitative estimate of drug-likeness (QED) is 0.575. The number of methoxy groups -OCH3 is 1. The number of hydrogen-bond donors (Lipinski definition) is 0. The van der Waals surface area contributed by atoms with E-state index in [9.17, 15) is 4.79 Å². The molecule has 3 rings (SSSR count). The van der Waals surface area contributed by atoms with Gasteiger partial charge >= 0.3 is 0 Å². The predicted molar refractivity (Wildman–Crippen MR) is 87.0 cm³/mol. The zero-order valence-electron chi connectivity index (χ0n) is 14.7. The van der Waals surface area contributed by atoms with Gasteiger partial charge in [-0.05, 0) is 36.4 Å². The van der Waals surface area contributed by atoms with Gasteiger partial charge < -0.3 is 18.7 Å². The molecule has 126 valence electrons. The Morgan fingerprint density at radius 3 is 2.50 bits per heavy atom. The van der Waals surface area contributed by atoms with Crippen LogP contribution in [0.3, 0.4) is 0 Å². The van der Waals surface area contributed by atoms with Crippen molar-refractivity contribution >= 4 is 14.6 Å². The minimum Gasteiger partial charge on any atom is -0.413 e. The van der Waals surface area contributed by atoms with Crippen LogP contribution in [0, 0.1) is 23.7 Å². The number of ether oxygens (including phenoxy) is 2. The monoisotopic (exact) mass is 326 g/mol. The Kier molecular flexibility index (Phi) is 4.08. The van der Waals surface area contributed by atoms with Crippen molar-refractivity contribution in [2.75, 3.05) is 7.11 Å². The lowest BCUT2D eigenvalue weighted by Crippen LogP contribution is -2.45. The summed E-state index contributed by atoms with van der Waals surface area (Å²) in [5, 5.41) is 0.204. The minimum absolute atomic E-state index is 0.155. The van der Waals surface area contributed by atoms with Crippen LogP contribution in [0.1, 0.15) is 33.6 Å². The molecule has 0 aromatic carbocycles. The Morgan fingerprint density at radius 2 is 1.95 bits per heavy atom. The average Bonchev–Trinajstić information content (AvgIpc) is 2.96. The molecule has 1 aliphatic heterocycles. The van der Waals surface area contributed by atoms with Gasteiger partial charge in [-0.15, -0.1) is 0 Å². The lowest BCUT2D eigenvalue weighted by molar-refractivity contribution is -0.131. The van der Waals surface area contributed by atoms with Crippen LogP contribution in [0.4, 0.5) is 0 Å². The molecule has 4 unspecified atom stereocenters. The van der Waals surface area contributed by atoms with Crippen molar-refractivity contribution in [2.45, 2.75) is 70.2 Å². The lowest BCUT2D eigenvalue weighted by atomic mass is 9.78. The molecule has 22 heavy (non-hydrogen) atoms. The lowest BCUT2D eigenvalue weighted by Gasteiger charge is -2.39. The summed E-state index contributed by atoms with van der Waals surface area (Å²) in [5.41, 5.74) is 0. The van der Waals surface area contributed by atoms with Crippen LogP contribution in [0.15, 0.2) is 0 Å². The molecule has 0 aromatic heterocycles. The largest absolute Gasteiger partial charge is 0.413 e. The molecule has 5 heteroatoms. The van der Waals surface area contributed by atoms with Crippen molar-refractivity contribution in [1.82, 2.24) is 0 Å². The van der Waals surface area contributed by atoms with Crippen LogP contribution in [0.25, 0.3) is 0 Å². The van der Waals surface area contributed by atoms with E-state index in [4.69, 9.17) is 13.9 Å². The second kappa shape index (κ2) is 5.40. The second-order valence-electron chi connectivity index (χ2n) is 8.74. The molecule has 7 atom stereocenters. The van der Waals surface area contributed by atoms with E-state index in [-0.39, 0.29) is 23.5 Å². The summed E-state index contributed by atoms with van der Waals surface area (Å²) in [6.45, 7) is 11.5. The van der Waals surface area contributed by atoms with E-state index in [1.165, 1.54) is 0 Å². The Balaban J connectivity index is 1.85. The number of rotatable bonds is 5. The predicted octanol–water partition coefficient (Wildman–Crippen LogP) is 3.22. The van der Waals surface area contributed by atoms with E-state index in [0.717, 1.165) is 12.7 Å². The Labute approximate surface area is 135 Å². The summed E-state index contributed by atoms with van der Waals surface area (Å²) in [5.74, 6) is 1.56. The first kappa shape index (κ1) is 16.6. The molecule has 1 heterocycles. The smallest absolute Gasteiger partial charge is 0.192 e. The summed E-state index contributed by atoms with van der Waals surface area (Å²) >= 11 is 0. The van der Waals surface area contributed by atoms with E-state index in [0.29, 0.717) is 30.1 Å². The minimum atomic E-state index is -1.81. The van der Waals surface area contributed by atoms with Gasteiger partial charge in [0.15, 0.2) is 14.6 Å². The fourth-order valence-corrected chi connectivity index (χ4v) is 6.01. The fourth-order valence-electron chi connectivity index (χ4n) is 4.64. The third kappa shape index (κ3) is 2.32. The van der Waals surface area contributed by atoms with Crippen molar-refractivity contribution < 1.29 is 18.7 Å². The molecular formula is C17H30O4Si. The summed E-state index contributed by atoms with van der Waals surface area (Å²) < 4.78 is 18.4. The Morgan fingerprint density at radius 1 is 1.27 bits per heavy atom. The van der Waals surface area contributed by atoms with Crippen LogP contribution in [-0.4, -0.2) is 40.2 Å². The zero-order valence-corrected chi connectivity index (χ0v) is 15.7. The average molecular weight is 327 g/mol. The third-order valence-corrected chi connectivity index (χ3v) is 11.2. The molecule has 2 saturated carbocycles. The normalized spacial score (nSPS) is 43.8. The van der Waals surface area contributed by atoms with E-state index < -0.39 is 8.32 Å². The first-order valence-electron chi connectivity index (χ1n) is 8.51. The second-order valence-corrected chi connectivity index (χ2v) is 13.5. The molecule has 2 bridgehead atoms. The maximum Gasteiger partial charge on any atom is 0.192 e. The van der Waals surface area contributed by atoms with Gasteiger partial charge in [-0.25, -0.2) is 0 Å². The number of aldehydes is 1. The van der Waals surface area contributed by atoms with Crippen molar-refractivity contribution in [1.29, 1.82) is 0 Å². The van der Waals surface area contributed by atoms with Gasteiger partial charge in [-0.1, -0.05) is 20.8 Å². The Bertz CT molecular complexity index is 444. The van der Waals surface area contributed by atoms with Crippen LogP contribution >= 0.6 is 0 Å². The fraction of sp³-hybridized carbons (Fsp3) is 0.941.